The quantitative estimate of drug-likeness (QED) is 0.439. The number of ether oxygens (including phenoxy) is 2. The number of aromatic nitrogens is 1. The van der Waals surface area contributed by atoms with Crippen LogP contribution in [-0.4, -0.2) is 37.7 Å². The lowest BCUT2D eigenvalue weighted by atomic mass is 10.3. The molecule has 122 valence electrons. The fraction of sp³-hybridized carbons (Fsp3) is 0.294. The van der Waals surface area contributed by atoms with Crippen LogP contribution in [-0.2, 0) is 6.42 Å². The number of hydrogen-bond donors (Lipinski definition) is 2. The first-order valence-corrected chi connectivity index (χ1v) is 7.48. The van der Waals surface area contributed by atoms with Crippen molar-refractivity contribution in [3.8, 4) is 11.5 Å². The van der Waals surface area contributed by atoms with Gasteiger partial charge >= 0.3 is 0 Å². The van der Waals surface area contributed by atoms with E-state index in [1.54, 1.807) is 13.3 Å². The third-order valence-electron chi connectivity index (χ3n) is 3.09. The molecule has 0 bridgehead atoms. The van der Waals surface area contributed by atoms with E-state index in [0.717, 1.165) is 23.6 Å². The number of guanidine groups is 1. The van der Waals surface area contributed by atoms with Crippen molar-refractivity contribution in [1.29, 1.82) is 0 Å². The minimum atomic E-state index is 0.412. The summed E-state index contributed by atoms with van der Waals surface area (Å²) in [6.07, 6.45) is 2.54. The van der Waals surface area contributed by atoms with E-state index in [0.29, 0.717) is 25.7 Å². The second kappa shape index (κ2) is 9.30. The van der Waals surface area contributed by atoms with E-state index in [1.165, 1.54) is 0 Å². The maximum Gasteiger partial charge on any atom is 0.188 e. The van der Waals surface area contributed by atoms with Gasteiger partial charge in [-0.05, 0) is 24.3 Å². The highest BCUT2D eigenvalue weighted by atomic mass is 16.5. The summed E-state index contributed by atoms with van der Waals surface area (Å²) in [6.45, 7) is 1.67. The van der Waals surface area contributed by atoms with Gasteiger partial charge in [-0.25, -0.2) is 0 Å². The Bertz CT molecular complexity index is 617. The Kier molecular flexibility index (Phi) is 6.71. The van der Waals surface area contributed by atoms with Crippen LogP contribution in [0, 0.1) is 0 Å². The molecule has 1 aromatic carbocycles. The molecule has 6 heteroatoms. The Morgan fingerprint density at radius 1 is 1.22 bits per heavy atom. The molecule has 0 aliphatic heterocycles. The number of nitrogens with zero attached hydrogens (tertiary/aromatic N) is 2. The number of methoxy groups -OCH3 is 1. The maximum atomic E-state index is 5.81. The zero-order valence-corrected chi connectivity index (χ0v) is 13.2. The summed E-state index contributed by atoms with van der Waals surface area (Å²) in [5.41, 5.74) is 6.81. The molecule has 0 saturated carbocycles. The van der Waals surface area contributed by atoms with Crippen molar-refractivity contribution in [2.24, 2.45) is 10.7 Å². The van der Waals surface area contributed by atoms with Crippen LogP contribution in [0.2, 0.25) is 0 Å². The molecule has 0 amide bonds. The summed E-state index contributed by atoms with van der Waals surface area (Å²) < 4.78 is 10.7. The van der Waals surface area contributed by atoms with E-state index in [9.17, 15) is 0 Å². The molecular weight excluding hydrogens is 292 g/mol. The molecular formula is C17H22N4O2. The molecule has 0 atom stereocenters. The van der Waals surface area contributed by atoms with Gasteiger partial charge in [-0.2, -0.15) is 0 Å². The van der Waals surface area contributed by atoms with E-state index in [1.807, 2.05) is 42.5 Å². The van der Waals surface area contributed by atoms with Gasteiger partial charge in [0.1, 0.15) is 18.1 Å². The van der Waals surface area contributed by atoms with Gasteiger partial charge in [0.25, 0.3) is 0 Å². The summed E-state index contributed by atoms with van der Waals surface area (Å²) in [5.74, 6) is 1.94. The first-order chi connectivity index (χ1) is 11.3. The maximum absolute atomic E-state index is 5.81. The summed E-state index contributed by atoms with van der Waals surface area (Å²) in [6, 6.07) is 13.3. The van der Waals surface area contributed by atoms with E-state index in [2.05, 4.69) is 15.3 Å². The molecule has 0 fully saturated rings. The van der Waals surface area contributed by atoms with Crippen LogP contribution < -0.4 is 20.5 Å². The number of aliphatic imine (C=N–C) groups is 1. The molecule has 0 spiro atoms. The largest absolute Gasteiger partial charge is 0.497 e. The molecule has 6 nitrogen and oxygen atoms in total. The van der Waals surface area contributed by atoms with Crippen LogP contribution in [0.25, 0.3) is 0 Å². The van der Waals surface area contributed by atoms with Gasteiger partial charge in [0.05, 0.1) is 13.7 Å². The Morgan fingerprint density at radius 2 is 2.09 bits per heavy atom. The summed E-state index contributed by atoms with van der Waals surface area (Å²) >= 11 is 0. The van der Waals surface area contributed by atoms with Crippen molar-refractivity contribution < 1.29 is 9.47 Å². The number of hydrogen-bond acceptors (Lipinski definition) is 4. The van der Waals surface area contributed by atoms with Gasteiger partial charge in [-0.1, -0.05) is 12.1 Å². The SMILES string of the molecule is COc1cccc(OCCNC(N)=NCCc2ccccn2)c1. The molecule has 0 aliphatic rings. The van der Waals surface area contributed by atoms with Crippen molar-refractivity contribution in [2.45, 2.75) is 6.42 Å². The van der Waals surface area contributed by atoms with Gasteiger partial charge in [-0.3, -0.25) is 9.98 Å². The van der Waals surface area contributed by atoms with Crippen molar-refractivity contribution in [3.05, 3.63) is 54.4 Å². The number of pyridine rings is 1. The third kappa shape index (κ3) is 6.25. The minimum Gasteiger partial charge on any atom is -0.497 e. The number of nitrogens with two attached hydrogens (primary N) is 1. The van der Waals surface area contributed by atoms with E-state index in [-0.39, 0.29) is 0 Å². The lowest BCUT2D eigenvalue weighted by Crippen LogP contribution is -2.35. The van der Waals surface area contributed by atoms with Gasteiger partial charge in [0, 0.05) is 30.9 Å². The Balaban J connectivity index is 1.64. The van der Waals surface area contributed by atoms with E-state index < -0.39 is 0 Å². The molecule has 2 aromatic rings. The lowest BCUT2D eigenvalue weighted by Gasteiger charge is -2.09. The van der Waals surface area contributed by atoms with Crippen molar-refractivity contribution in [2.75, 3.05) is 26.8 Å². The van der Waals surface area contributed by atoms with Crippen LogP contribution in [0.1, 0.15) is 5.69 Å². The molecule has 0 radical (unpaired) electrons. The van der Waals surface area contributed by atoms with Gasteiger partial charge in [0.2, 0.25) is 0 Å². The molecule has 1 heterocycles. The van der Waals surface area contributed by atoms with Crippen molar-refractivity contribution in [3.63, 3.8) is 0 Å². The highest BCUT2D eigenvalue weighted by molar-refractivity contribution is 5.77. The molecule has 3 N–H and O–H groups in total. The van der Waals surface area contributed by atoms with Gasteiger partial charge in [0.15, 0.2) is 5.96 Å². The van der Waals surface area contributed by atoms with Crippen molar-refractivity contribution in [1.82, 2.24) is 10.3 Å². The van der Waals surface area contributed by atoms with E-state index in [4.69, 9.17) is 15.2 Å². The molecule has 0 saturated heterocycles. The summed E-state index contributed by atoms with van der Waals surface area (Å²) in [5, 5.41) is 3.02. The fourth-order valence-electron chi connectivity index (χ4n) is 1.93. The predicted octanol–water partition coefficient (Wildman–Crippen LogP) is 1.62. The lowest BCUT2D eigenvalue weighted by molar-refractivity contribution is 0.319. The van der Waals surface area contributed by atoms with Gasteiger partial charge < -0.3 is 20.5 Å². The van der Waals surface area contributed by atoms with Crippen LogP contribution in [0.5, 0.6) is 11.5 Å². The van der Waals surface area contributed by atoms with Crippen LogP contribution in [0.4, 0.5) is 0 Å². The normalized spacial score (nSPS) is 11.1. The smallest absolute Gasteiger partial charge is 0.188 e. The van der Waals surface area contributed by atoms with E-state index >= 15 is 0 Å². The average molecular weight is 314 g/mol. The van der Waals surface area contributed by atoms with Crippen molar-refractivity contribution >= 4 is 5.96 Å². The first-order valence-electron chi connectivity index (χ1n) is 7.48. The standard InChI is InChI=1S/C17H22N4O2/c1-22-15-6-4-7-16(13-15)23-12-11-21-17(18)20-10-8-14-5-2-3-9-19-14/h2-7,9,13H,8,10-12H2,1H3,(H3,18,20,21). The van der Waals surface area contributed by atoms with Gasteiger partial charge in [-0.15, -0.1) is 0 Å². The Morgan fingerprint density at radius 3 is 2.87 bits per heavy atom. The Labute approximate surface area is 136 Å². The molecule has 1 aromatic heterocycles. The number of nitrogens with one attached hydrogen (secondary N) is 1. The van der Waals surface area contributed by atoms with Crippen LogP contribution >= 0.6 is 0 Å². The average Bonchev–Trinajstić information content (AvgIpc) is 2.60. The minimum absolute atomic E-state index is 0.412. The van der Waals surface area contributed by atoms with Crippen LogP contribution in [0.15, 0.2) is 53.7 Å². The van der Waals surface area contributed by atoms with Crippen LogP contribution in [0.3, 0.4) is 0 Å². The number of rotatable bonds is 8. The summed E-state index contributed by atoms with van der Waals surface area (Å²) in [4.78, 5) is 8.50. The highest BCUT2D eigenvalue weighted by Gasteiger charge is 1.97. The first kappa shape index (κ1) is 16.6. The zero-order chi connectivity index (χ0) is 16.3. The third-order valence-corrected chi connectivity index (χ3v) is 3.09. The highest BCUT2D eigenvalue weighted by Crippen LogP contribution is 2.18. The topological polar surface area (TPSA) is 81.8 Å². The number of benzene rings is 1. The second-order valence-corrected chi connectivity index (χ2v) is 4.79. The molecule has 0 unspecified atom stereocenters. The monoisotopic (exact) mass is 314 g/mol. The zero-order valence-electron chi connectivity index (χ0n) is 13.2. The summed E-state index contributed by atoms with van der Waals surface area (Å²) in [7, 11) is 1.63. The fourth-order valence-corrected chi connectivity index (χ4v) is 1.93. The molecule has 0 aliphatic carbocycles. The predicted molar refractivity (Wildman–Crippen MR) is 90.9 cm³/mol. The second-order valence-electron chi connectivity index (χ2n) is 4.79. The Hall–Kier alpha value is -2.76. The molecule has 2 rings (SSSR count). The molecule has 23 heavy (non-hydrogen) atoms.